The van der Waals surface area contributed by atoms with Gasteiger partial charge in [-0.1, -0.05) is 12.2 Å². The van der Waals surface area contributed by atoms with E-state index >= 15 is 0 Å². The molecule has 0 aromatic carbocycles. The molecule has 3 rings (SSSR count). The van der Waals surface area contributed by atoms with Crippen molar-refractivity contribution in [2.45, 2.75) is 24.9 Å². The molecule has 2 saturated heterocycles. The van der Waals surface area contributed by atoms with E-state index in [9.17, 15) is 4.79 Å². The average molecular weight is 194 g/mol. The normalized spacial score (nSPS) is 46.0. The van der Waals surface area contributed by atoms with Gasteiger partial charge in [-0.3, -0.25) is 4.79 Å². The van der Waals surface area contributed by atoms with Gasteiger partial charge in [0.1, 0.15) is 5.60 Å². The van der Waals surface area contributed by atoms with Crippen molar-refractivity contribution in [3.63, 3.8) is 0 Å². The van der Waals surface area contributed by atoms with Crippen LogP contribution in [0, 0.1) is 11.8 Å². The van der Waals surface area contributed by atoms with E-state index in [1.165, 1.54) is 5.57 Å². The van der Waals surface area contributed by atoms with Gasteiger partial charge in [0, 0.05) is 18.3 Å². The molecule has 76 valence electrons. The van der Waals surface area contributed by atoms with Crippen molar-refractivity contribution < 1.29 is 14.3 Å². The number of hydrogen-bond acceptors (Lipinski definition) is 3. The summed E-state index contributed by atoms with van der Waals surface area (Å²) in [4.78, 5) is 11.3. The first kappa shape index (κ1) is 8.48. The van der Waals surface area contributed by atoms with Crippen molar-refractivity contribution in [3.05, 3.63) is 12.2 Å². The highest BCUT2D eigenvalue weighted by atomic mass is 16.6. The summed E-state index contributed by atoms with van der Waals surface area (Å²) in [5.41, 5.74) is 0.979. The third kappa shape index (κ3) is 0.934. The Morgan fingerprint density at radius 3 is 2.79 bits per heavy atom. The standard InChI is InChI=1S/C11H14O3/c1-7-2-8-5-13-6-9-3-10(12)14-11(8,9)4-7/h8-9H,1-6H2/t8-,9+,11-/m1/s1. The van der Waals surface area contributed by atoms with Gasteiger partial charge >= 0.3 is 5.97 Å². The molecule has 3 heteroatoms. The first-order chi connectivity index (χ1) is 6.71. The number of carbonyl (C=O) groups is 1. The summed E-state index contributed by atoms with van der Waals surface area (Å²) < 4.78 is 11.1. The van der Waals surface area contributed by atoms with E-state index < -0.39 is 0 Å². The van der Waals surface area contributed by atoms with E-state index in [2.05, 4.69) is 6.58 Å². The highest BCUT2D eigenvalue weighted by Crippen LogP contribution is 2.52. The molecule has 0 unspecified atom stereocenters. The first-order valence-corrected chi connectivity index (χ1v) is 5.17. The third-order valence-electron chi connectivity index (χ3n) is 3.80. The maximum atomic E-state index is 11.3. The maximum Gasteiger partial charge on any atom is 0.306 e. The zero-order valence-corrected chi connectivity index (χ0v) is 8.12. The molecule has 2 heterocycles. The lowest BCUT2D eigenvalue weighted by molar-refractivity contribution is -0.163. The fraction of sp³-hybridized carbons (Fsp3) is 0.727. The summed E-state index contributed by atoms with van der Waals surface area (Å²) >= 11 is 0. The zero-order valence-electron chi connectivity index (χ0n) is 8.12. The van der Waals surface area contributed by atoms with Crippen molar-refractivity contribution in [3.8, 4) is 0 Å². The smallest absolute Gasteiger partial charge is 0.306 e. The molecule has 3 fully saturated rings. The van der Waals surface area contributed by atoms with Crippen molar-refractivity contribution in [1.29, 1.82) is 0 Å². The van der Waals surface area contributed by atoms with E-state index in [1.54, 1.807) is 0 Å². The van der Waals surface area contributed by atoms with Crippen LogP contribution < -0.4 is 0 Å². The first-order valence-electron chi connectivity index (χ1n) is 5.17. The topological polar surface area (TPSA) is 35.5 Å². The van der Waals surface area contributed by atoms with Crippen molar-refractivity contribution in [1.82, 2.24) is 0 Å². The van der Waals surface area contributed by atoms with E-state index in [-0.39, 0.29) is 17.5 Å². The Kier molecular flexibility index (Phi) is 1.57. The molecule has 1 aliphatic carbocycles. The van der Waals surface area contributed by atoms with E-state index in [4.69, 9.17) is 9.47 Å². The minimum Gasteiger partial charge on any atom is -0.458 e. The Bertz CT molecular complexity index is 278. The van der Waals surface area contributed by atoms with Crippen LogP contribution >= 0.6 is 0 Å². The van der Waals surface area contributed by atoms with Gasteiger partial charge in [-0.05, 0) is 6.42 Å². The summed E-state index contributed by atoms with van der Waals surface area (Å²) in [6, 6.07) is 0. The Balaban J connectivity index is 1.99. The largest absolute Gasteiger partial charge is 0.458 e. The van der Waals surface area contributed by atoms with Gasteiger partial charge < -0.3 is 9.47 Å². The van der Waals surface area contributed by atoms with Crippen LogP contribution in [0.1, 0.15) is 19.3 Å². The number of ether oxygens (including phenoxy) is 2. The lowest BCUT2D eigenvalue weighted by Gasteiger charge is -2.38. The molecule has 0 bridgehead atoms. The molecule has 0 aromatic heterocycles. The Morgan fingerprint density at radius 2 is 2.00 bits per heavy atom. The number of esters is 1. The summed E-state index contributed by atoms with van der Waals surface area (Å²) in [7, 11) is 0. The summed E-state index contributed by atoms with van der Waals surface area (Å²) in [5, 5.41) is 0. The third-order valence-corrected chi connectivity index (χ3v) is 3.80. The van der Waals surface area contributed by atoms with Gasteiger partial charge in [0.2, 0.25) is 0 Å². The SMILES string of the molecule is C=C1C[C@@H]2COC[C@@H]3CC(=O)O[C@@]32C1. The second kappa shape index (κ2) is 2.60. The molecule has 3 aliphatic rings. The van der Waals surface area contributed by atoms with Crippen LogP contribution in [0.4, 0.5) is 0 Å². The highest BCUT2D eigenvalue weighted by Gasteiger charge is 2.59. The van der Waals surface area contributed by atoms with Gasteiger partial charge in [-0.15, -0.1) is 0 Å². The second-order valence-electron chi connectivity index (χ2n) is 4.70. The monoisotopic (exact) mass is 194 g/mol. The molecule has 1 saturated carbocycles. The van der Waals surface area contributed by atoms with Crippen LogP contribution in [0.3, 0.4) is 0 Å². The lowest BCUT2D eigenvalue weighted by atomic mass is 9.78. The van der Waals surface area contributed by atoms with Gasteiger partial charge in [-0.2, -0.15) is 0 Å². The second-order valence-corrected chi connectivity index (χ2v) is 4.70. The number of rotatable bonds is 0. The summed E-state index contributed by atoms with van der Waals surface area (Å²) in [5.74, 6) is 0.577. The average Bonchev–Trinajstić information content (AvgIpc) is 2.57. The van der Waals surface area contributed by atoms with E-state index in [0.29, 0.717) is 18.9 Å². The molecule has 0 radical (unpaired) electrons. The van der Waals surface area contributed by atoms with Gasteiger partial charge in [0.15, 0.2) is 0 Å². The molecule has 14 heavy (non-hydrogen) atoms. The van der Waals surface area contributed by atoms with Crippen LogP contribution in [0.5, 0.6) is 0 Å². The summed E-state index contributed by atoms with van der Waals surface area (Å²) in [6.45, 7) is 5.41. The summed E-state index contributed by atoms with van der Waals surface area (Å²) in [6.07, 6.45) is 2.35. The van der Waals surface area contributed by atoms with E-state index in [1.807, 2.05) is 0 Å². The molecular weight excluding hydrogens is 180 g/mol. The van der Waals surface area contributed by atoms with E-state index in [0.717, 1.165) is 19.4 Å². The molecule has 0 amide bonds. The highest BCUT2D eigenvalue weighted by molar-refractivity contribution is 5.73. The molecule has 3 nitrogen and oxygen atoms in total. The number of carbonyl (C=O) groups excluding carboxylic acids is 1. The molecule has 0 aromatic rings. The van der Waals surface area contributed by atoms with Crippen molar-refractivity contribution in [2.24, 2.45) is 11.8 Å². The minimum atomic E-state index is -0.230. The Hall–Kier alpha value is -0.830. The van der Waals surface area contributed by atoms with Crippen LogP contribution in [-0.4, -0.2) is 24.8 Å². The molecule has 1 spiro atoms. The molecule has 0 N–H and O–H groups in total. The van der Waals surface area contributed by atoms with Crippen molar-refractivity contribution >= 4 is 5.97 Å². The Morgan fingerprint density at radius 1 is 1.29 bits per heavy atom. The molecule has 3 atom stereocenters. The minimum absolute atomic E-state index is 0.0554. The van der Waals surface area contributed by atoms with Gasteiger partial charge in [-0.25, -0.2) is 0 Å². The predicted molar refractivity (Wildman–Crippen MR) is 49.6 cm³/mol. The lowest BCUT2D eigenvalue weighted by Crippen LogP contribution is -2.47. The maximum absolute atomic E-state index is 11.3. The Labute approximate surface area is 83.1 Å². The number of hydrogen-bond donors (Lipinski definition) is 0. The fourth-order valence-corrected chi connectivity index (χ4v) is 3.19. The predicted octanol–water partition coefficient (Wildman–Crippen LogP) is 1.28. The van der Waals surface area contributed by atoms with Gasteiger partial charge in [0.05, 0.1) is 19.6 Å². The van der Waals surface area contributed by atoms with Crippen molar-refractivity contribution in [2.75, 3.05) is 13.2 Å². The van der Waals surface area contributed by atoms with Gasteiger partial charge in [0.25, 0.3) is 0 Å². The van der Waals surface area contributed by atoms with Crippen LogP contribution in [0.2, 0.25) is 0 Å². The van der Waals surface area contributed by atoms with Crippen LogP contribution in [0.25, 0.3) is 0 Å². The van der Waals surface area contributed by atoms with Crippen LogP contribution in [-0.2, 0) is 14.3 Å². The van der Waals surface area contributed by atoms with Crippen LogP contribution in [0.15, 0.2) is 12.2 Å². The molecule has 2 aliphatic heterocycles. The molecular formula is C11H14O3. The fourth-order valence-electron chi connectivity index (χ4n) is 3.19. The zero-order chi connectivity index (χ0) is 9.76. The quantitative estimate of drug-likeness (QED) is 0.430.